The zero-order valence-electron chi connectivity index (χ0n) is 20.1. The van der Waals surface area contributed by atoms with Gasteiger partial charge in [-0.25, -0.2) is 9.59 Å². The number of benzene rings is 3. The highest BCUT2D eigenvalue weighted by atomic mass is 19.4. The number of rotatable bonds is 4. The average molecular weight is 518 g/mol. The van der Waals surface area contributed by atoms with Crippen LogP contribution in [0.4, 0.5) is 29.3 Å². The van der Waals surface area contributed by atoms with Crippen LogP contribution in [0.2, 0.25) is 0 Å². The van der Waals surface area contributed by atoms with Gasteiger partial charge >= 0.3 is 18.2 Å². The van der Waals surface area contributed by atoms with E-state index in [1.807, 2.05) is 57.2 Å². The molecule has 5 N–H and O–H groups in total. The van der Waals surface area contributed by atoms with Crippen LogP contribution in [0.1, 0.15) is 36.7 Å². The summed E-state index contributed by atoms with van der Waals surface area (Å²) in [5.41, 5.74) is 1.91. The van der Waals surface area contributed by atoms with E-state index in [0.717, 1.165) is 16.3 Å². The third-order valence-electron chi connectivity index (χ3n) is 4.84. The van der Waals surface area contributed by atoms with Crippen molar-refractivity contribution in [2.75, 3.05) is 10.2 Å². The average Bonchev–Trinajstić information content (AvgIpc) is 2.78. The molecule has 0 saturated carbocycles. The molecule has 3 aromatic rings. The Morgan fingerprint density at radius 1 is 0.919 bits per heavy atom. The summed E-state index contributed by atoms with van der Waals surface area (Å²) in [6, 6.07) is 17.9. The van der Waals surface area contributed by atoms with Gasteiger partial charge in [0.05, 0.1) is 6.21 Å². The lowest BCUT2D eigenvalue weighted by molar-refractivity contribution is -0.192. The molecule has 3 rings (SSSR count). The summed E-state index contributed by atoms with van der Waals surface area (Å²) in [5.74, 6) is 2.16. The lowest BCUT2D eigenvalue weighted by Gasteiger charge is -2.33. The number of hydrogen-bond donors (Lipinski definition) is 4. The standard InChI is InChI=1S/C23H24N4O3.C2HF3O2/c1-23(2,3)27(22(29)30)20-10-7-16(8-11-20)21(28)26-19-9-6-17-12-15(14-25-24)4-5-18(17)13-19;3-2(4,5)1(6)7/h4-14H,24H2,1-3H3,(H,26,28)(H,29,30);(H,6,7). The number of carbonyl (C=O) groups excluding carboxylic acids is 1. The molecule has 0 atom stereocenters. The highest BCUT2D eigenvalue weighted by Crippen LogP contribution is 2.25. The maximum absolute atomic E-state index is 12.6. The number of amides is 2. The van der Waals surface area contributed by atoms with Crippen molar-refractivity contribution in [3.8, 4) is 0 Å². The van der Waals surface area contributed by atoms with Crippen LogP contribution in [0.5, 0.6) is 0 Å². The predicted octanol–water partition coefficient (Wildman–Crippen LogP) is 5.30. The van der Waals surface area contributed by atoms with E-state index in [2.05, 4.69) is 10.4 Å². The Kier molecular flexibility index (Phi) is 8.83. The third kappa shape index (κ3) is 7.95. The minimum atomic E-state index is -5.08. The maximum atomic E-state index is 12.6. The molecule has 0 aromatic heterocycles. The van der Waals surface area contributed by atoms with E-state index in [4.69, 9.17) is 15.7 Å². The summed E-state index contributed by atoms with van der Waals surface area (Å²) in [5, 5.41) is 25.0. The van der Waals surface area contributed by atoms with E-state index >= 15 is 0 Å². The van der Waals surface area contributed by atoms with E-state index in [-0.39, 0.29) is 5.91 Å². The molecule has 0 fully saturated rings. The van der Waals surface area contributed by atoms with Crippen LogP contribution < -0.4 is 16.1 Å². The Labute approximate surface area is 210 Å². The van der Waals surface area contributed by atoms with Gasteiger partial charge in [0.1, 0.15) is 0 Å². The summed E-state index contributed by atoms with van der Waals surface area (Å²) in [7, 11) is 0. The molecular formula is C25H25F3N4O5. The van der Waals surface area contributed by atoms with Gasteiger partial charge in [-0.3, -0.25) is 9.69 Å². The van der Waals surface area contributed by atoms with Crippen molar-refractivity contribution >= 4 is 46.3 Å². The van der Waals surface area contributed by atoms with Gasteiger partial charge in [-0.05, 0) is 79.6 Å². The summed E-state index contributed by atoms with van der Waals surface area (Å²) >= 11 is 0. The fourth-order valence-corrected chi connectivity index (χ4v) is 3.26. The predicted molar refractivity (Wildman–Crippen MR) is 134 cm³/mol. The first-order chi connectivity index (χ1) is 17.1. The van der Waals surface area contributed by atoms with Gasteiger partial charge in [0.15, 0.2) is 0 Å². The zero-order valence-corrected chi connectivity index (χ0v) is 20.1. The molecule has 196 valence electrons. The quantitative estimate of drug-likeness (QED) is 0.209. The molecule has 0 radical (unpaired) electrons. The molecule has 0 heterocycles. The van der Waals surface area contributed by atoms with Gasteiger partial charge in [0.25, 0.3) is 5.91 Å². The van der Waals surface area contributed by atoms with E-state index < -0.39 is 23.8 Å². The first-order valence-corrected chi connectivity index (χ1v) is 10.6. The molecule has 0 spiro atoms. The number of carboxylic acid groups (broad SMARTS) is 2. The number of hydrogen-bond acceptors (Lipinski definition) is 5. The van der Waals surface area contributed by atoms with Crippen LogP contribution in [-0.2, 0) is 4.79 Å². The number of anilines is 2. The molecule has 0 aliphatic rings. The Hall–Kier alpha value is -4.61. The Morgan fingerprint density at radius 3 is 1.95 bits per heavy atom. The second-order valence-electron chi connectivity index (χ2n) is 8.69. The minimum absolute atomic E-state index is 0.273. The van der Waals surface area contributed by atoms with Crippen LogP contribution in [0.3, 0.4) is 0 Å². The van der Waals surface area contributed by atoms with E-state index in [9.17, 15) is 27.9 Å². The van der Waals surface area contributed by atoms with Crippen LogP contribution >= 0.6 is 0 Å². The van der Waals surface area contributed by atoms with Crippen molar-refractivity contribution in [1.29, 1.82) is 0 Å². The molecular weight excluding hydrogens is 493 g/mol. The molecule has 0 aliphatic carbocycles. The monoisotopic (exact) mass is 518 g/mol. The molecule has 12 heteroatoms. The molecule has 0 saturated heterocycles. The highest BCUT2D eigenvalue weighted by molar-refractivity contribution is 6.05. The molecule has 3 aromatic carbocycles. The molecule has 0 unspecified atom stereocenters. The summed E-state index contributed by atoms with van der Waals surface area (Å²) < 4.78 is 31.7. The van der Waals surface area contributed by atoms with Gasteiger partial charge in [-0.1, -0.05) is 18.2 Å². The second kappa shape index (κ2) is 11.4. The normalized spacial score (nSPS) is 11.5. The molecule has 37 heavy (non-hydrogen) atoms. The zero-order chi connectivity index (χ0) is 28.0. The van der Waals surface area contributed by atoms with Crippen LogP contribution in [0.25, 0.3) is 10.8 Å². The van der Waals surface area contributed by atoms with Crippen molar-refractivity contribution in [3.63, 3.8) is 0 Å². The van der Waals surface area contributed by atoms with Crippen molar-refractivity contribution in [2.24, 2.45) is 10.9 Å². The lowest BCUT2D eigenvalue weighted by Crippen LogP contribution is -2.45. The minimum Gasteiger partial charge on any atom is -0.475 e. The number of hydrazone groups is 1. The fourth-order valence-electron chi connectivity index (χ4n) is 3.26. The number of nitrogens with two attached hydrogens (primary N) is 1. The van der Waals surface area contributed by atoms with E-state index in [1.165, 1.54) is 4.90 Å². The highest BCUT2D eigenvalue weighted by Gasteiger charge is 2.38. The molecule has 2 amide bonds. The molecule has 0 bridgehead atoms. The van der Waals surface area contributed by atoms with Gasteiger partial charge in [-0.2, -0.15) is 18.3 Å². The molecule has 0 aliphatic heterocycles. The summed E-state index contributed by atoms with van der Waals surface area (Å²) in [4.78, 5) is 34.4. The fraction of sp³-hybridized carbons (Fsp3) is 0.200. The number of nitrogens with one attached hydrogen (secondary N) is 1. The number of carboxylic acids is 1. The number of carbonyl (C=O) groups is 3. The van der Waals surface area contributed by atoms with Gasteiger partial charge in [0, 0.05) is 22.5 Å². The second-order valence-corrected chi connectivity index (χ2v) is 8.69. The Balaban J connectivity index is 0.000000604. The van der Waals surface area contributed by atoms with Crippen LogP contribution in [0.15, 0.2) is 65.8 Å². The third-order valence-corrected chi connectivity index (χ3v) is 4.84. The van der Waals surface area contributed by atoms with Crippen molar-refractivity contribution in [3.05, 3.63) is 71.8 Å². The van der Waals surface area contributed by atoms with Crippen molar-refractivity contribution in [2.45, 2.75) is 32.5 Å². The van der Waals surface area contributed by atoms with Gasteiger partial charge in [-0.15, -0.1) is 0 Å². The first kappa shape index (κ1) is 28.6. The van der Waals surface area contributed by atoms with E-state index in [0.29, 0.717) is 16.9 Å². The van der Waals surface area contributed by atoms with E-state index in [1.54, 1.807) is 30.5 Å². The topological polar surface area (TPSA) is 145 Å². The van der Waals surface area contributed by atoms with Gasteiger partial charge in [0.2, 0.25) is 0 Å². The van der Waals surface area contributed by atoms with Crippen LogP contribution in [0, 0.1) is 0 Å². The Bertz CT molecular complexity index is 1320. The Morgan fingerprint density at radius 2 is 1.46 bits per heavy atom. The van der Waals surface area contributed by atoms with Crippen LogP contribution in [-0.4, -0.2) is 46.1 Å². The van der Waals surface area contributed by atoms with Crippen molar-refractivity contribution in [1.82, 2.24) is 0 Å². The number of halogens is 3. The number of alkyl halides is 3. The van der Waals surface area contributed by atoms with Gasteiger partial charge < -0.3 is 21.4 Å². The smallest absolute Gasteiger partial charge is 0.475 e. The number of nitrogens with zero attached hydrogens (tertiary/aromatic N) is 2. The number of aliphatic carboxylic acids is 1. The summed E-state index contributed by atoms with van der Waals surface area (Å²) in [6.07, 6.45) is -4.55. The SMILES string of the molecule is CC(C)(C)N(C(=O)O)c1ccc(C(=O)Nc2ccc3cc(C=NN)ccc3c2)cc1.O=C(O)C(F)(F)F. The maximum Gasteiger partial charge on any atom is 0.490 e. The first-order valence-electron chi connectivity index (χ1n) is 10.6. The largest absolute Gasteiger partial charge is 0.490 e. The summed E-state index contributed by atoms with van der Waals surface area (Å²) in [6.45, 7) is 5.44. The lowest BCUT2D eigenvalue weighted by atomic mass is 10.0. The number of fused-ring (bicyclic) bond motifs is 1. The molecule has 9 nitrogen and oxygen atoms in total. The van der Waals surface area contributed by atoms with Crippen molar-refractivity contribution < 1.29 is 37.8 Å².